The maximum atomic E-state index is 13.1. The lowest BCUT2D eigenvalue weighted by Crippen LogP contribution is -2.32. The molecule has 0 saturated heterocycles. The SMILES string of the molecule is Cc1cccc(N(CCC#N)S(=O)(=O)c2ccc3c(c2)COC3)c1. The molecule has 0 spiro atoms. The van der Waals surface area contributed by atoms with E-state index in [0.717, 1.165) is 16.7 Å². The van der Waals surface area contributed by atoms with Crippen LogP contribution < -0.4 is 4.31 Å². The van der Waals surface area contributed by atoms with Gasteiger partial charge in [0.15, 0.2) is 0 Å². The highest BCUT2D eigenvalue weighted by atomic mass is 32.2. The van der Waals surface area contributed by atoms with E-state index in [9.17, 15) is 8.42 Å². The van der Waals surface area contributed by atoms with Crippen molar-refractivity contribution in [2.24, 2.45) is 0 Å². The van der Waals surface area contributed by atoms with Crippen LogP contribution in [-0.2, 0) is 28.0 Å². The Balaban J connectivity index is 2.04. The van der Waals surface area contributed by atoms with E-state index >= 15 is 0 Å². The van der Waals surface area contributed by atoms with E-state index in [2.05, 4.69) is 0 Å². The molecule has 24 heavy (non-hydrogen) atoms. The molecule has 0 atom stereocenters. The van der Waals surface area contributed by atoms with E-state index in [4.69, 9.17) is 10.00 Å². The van der Waals surface area contributed by atoms with Gasteiger partial charge >= 0.3 is 0 Å². The minimum atomic E-state index is -3.74. The first-order chi connectivity index (χ1) is 11.5. The Morgan fingerprint density at radius 3 is 2.71 bits per heavy atom. The Morgan fingerprint density at radius 1 is 1.17 bits per heavy atom. The first-order valence-corrected chi connectivity index (χ1v) is 9.12. The van der Waals surface area contributed by atoms with Gasteiger partial charge in [-0.15, -0.1) is 0 Å². The Labute approximate surface area is 142 Å². The molecule has 0 aromatic heterocycles. The zero-order valence-corrected chi connectivity index (χ0v) is 14.2. The molecular weight excluding hydrogens is 324 g/mol. The quantitative estimate of drug-likeness (QED) is 0.837. The van der Waals surface area contributed by atoms with Gasteiger partial charge in [-0.05, 0) is 47.9 Å². The van der Waals surface area contributed by atoms with Gasteiger partial charge in [0.05, 0.1) is 36.3 Å². The molecule has 1 aliphatic rings. The normalized spacial score (nSPS) is 13.3. The Hall–Kier alpha value is -2.36. The van der Waals surface area contributed by atoms with Crippen LogP contribution in [-0.4, -0.2) is 15.0 Å². The number of nitriles is 1. The van der Waals surface area contributed by atoms with E-state index in [0.29, 0.717) is 18.9 Å². The summed E-state index contributed by atoms with van der Waals surface area (Å²) in [5.74, 6) is 0. The van der Waals surface area contributed by atoms with Crippen molar-refractivity contribution in [1.82, 2.24) is 0 Å². The summed E-state index contributed by atoms with van der Waals surface area (Å²) in [5, 5.41) is 8.89. The minimum Gasteiger partial charge on any atom is -0.372 e. The Bertz CT molecular complexity index is 901. The summed E-state index contributed by atoms with van der Waals surface area (Å²) in [6.45, 7) is 2.98. The third kappa shape index (κ3) is 3.14. The lowest BCUT2D eigenvalue weighted by Gasteiger charge is -2.24. The number of sulfonamides is 1. The van der Waals surface area contributed by atoms with Crippen LogP contribution in [0.5, 0.6) is 0 Å². The molecule has 0 saturated carbocycles. The number of hydrogen-bond donors (Lipinski definition) is 0. The molecular formula is C18H18N2O3S. The fraction of sp³-hybridized carbons (Fsp3) is 0.278. The number of rotatable bonds is 5. The van der Waals surface area contributed by atoms with Crippen LogP contribution in [0.4, 0.5) is 5.69 Å². The number of hydrogen-bond acceptors (Lipinski definition) is 4. The van der Waals surface area contributed by atoms with Crippen LogP contribution in [0.25, 0.3) is 0 Å². The number of benzene rings is 2. The van der Waals surface area contributed by atoms with Crippen molar-refractivity contribution in [1.29, 1.82) is 5.26 Å². The monoisotopic (exact) mass is 342 g/mol. The minimum absolute atomic E-state index is 0.121. The van der Waals surface area contributed by atoms with Crippen molar-refractivity contribution in [2.45, 2.75) is 31.5 Å². The molecule has 0 N–H and O–H groups in total. The molecule has 1 heterocycles. The largest absolute Gasteiger partial charge is 0.372 e. The summed E-state index contributed by atoms with van der Waals surface area (Å²) >= 11 is 0. The molecule has 0 radical (unpaired) electrons. The second-order valence-corrected chi connectivity index (χ2v) is 7.61. The van der Waals surface area contributed by atoms with Crippen molar-refractivity contribution < 1.29 is 13.2 Å². The highest BCUT2D eigenvalue weighted by molar-refractivity contribution is 7.92. The first kappa shape index (κ1) is 16.5. The molecule has 0 bridgehead atoms. The fourth-order valence-electron chi connectivity index (χ4n) is 2.76. The van der Waals surface area contributed by atoms with Gasteiger partial charge in [-0.25, -0.2) is 8.42 Å². The standard InChI is InChI=1S/C18H18N2O3S/c1-14-4-2-5-17(10-14)20(9-3-8-19)24(21,22)18-7-6-15-12-23-13-16(15)11-18/h2,4-7,10-11H,3,9,12-13H2,1H3. The van der Waals surface area contributed by atoms with Crippen LogP contribution in [0.3, 0.4) is 0 Å². The van der Waals surface area contributed by atoms with Crippen molar-refractivity contribution in [2.75, 3.05) is 10.8 Å². The highest BCUT2D eigenvalue weighted by Crippen LogP contribution is 2.28. The number of anilines is 1. The van der Waals surface area contributed by atoms with E-state index < -0.39 is 10.0 Å². The smallest absolute Gasteiger partial charge is 0.264 e. The van der Waals surface area contributed by atoms with E-state index in [1.165, 1.54) is 4.31 Å². The van der Waals surface area contributed by atoms with Crippen LogP contribution in [0.2, 0.25) is 0 Å². The summed E-state index contributed by atoms with van der Waals surface area (Å²) in [6.07, 6.45) is 0.126. The van der Waals surface area contributed by atoms with Crippen LogP contribution in [0.1, 0.15) is 23.1 Å². The molecule has 0 fully saturated rings. The highest BCUT2D eigenvalue weighted by Gasteiger charge is 2.26. The maximum Gasteiger partial charge on any atom is 0.264 e. The molecule has 0 unspecified atom stereocenters. The van der Waals surface area contributed by atoms with Gasteiger partial charge in [-0.3, -0.25) is 4.31 Å². The summed E-state index contributed by atoms with van der Waals surface area (Å²) < 4.78 is 32.9. The number of aryl methyl sites for hydroxylation is 1. The van der Waals surface area contributed by atoms with Crippen LogP contribution in [0.15, 0.2) is 47.4 Å². The molecule has 124 valence electrons. The molecule has 6 heteroatoms. The average Bonchev–Trinajstić information content (AvgIpc) is 3.02. The van der Waals surface area contributed by atoms with E-state index in [-0.39, 0.29) is 17.9 Å². The van der Waals surface area contributed by atoms with Crippen molar-refractivity contribution in [3.8, 4) is 6.07 Å². The van der Waals surface area contributed by atoms with Crippen molar-refractivity contribution >= 4 is 15.7 Å². The lowest BCUT2D eigenvalue weighted by atomic mass is 10.1. The summed E-state index contributed by atoms with van der Waals surface area (Å²) in [6, 6.07) is 14.4. The predicted octanol–water partition coefficient (Wildman–Crippen LogP) is 3.13. The molecule has 2 aromatic carbocycles. The summed E-state index contributed by atoms with van der Waals surface area (Å²) in [7, 11) is -3.74. The van der Waals surface area contributed by atoms with Gasteiger partial charge in [0.25, 0.3) is 10.0 Å². The molecule has 5 nitrogen and oxygen atoms in total. The first-order valence-electron chi connectivity index (χ1n) is 7.68. The van der Waals surface area contributed by atoms with Gasteiger partial charge in [0, 0.05) is 6.54 Å². The molecule has 1 aliphatic heterocycles. The molecule has 2 aromatic rings. The van der Waals surface area contributed by atoms with Crippen molar-refractivity contribution in [3.63, 3.8) is 0 Å². The van der Waals surface area contributed by atoms with Gasteiger partial charge in [-0.2, -0.15) is 5.26 Å². The molecule has 0 aliphatic carbocycles. The zero-order chi connectivity index (χ0) is 17.2. The molecule has 3 rings (SSSR count). The topological polar surface area (TPSA) is 70.4 Å². The predicted molar refractivity (Wildman–Crippen MR) is 90.9 cm³/mol. The van der Waals surface area contributed by atoms with E-state index in [1.807, 2.05) is 31.2 Å². The second-order valence-electron chi connectivity index (χ2n) is 5.75. The van der Waals surface area contributed by atoms with Gasteiger partial charge in [-0.1, -0.05) is 18.2 Å². The van der Waals surface area contributed by atoms with E-state index in [1.54, 1.807) is 24.3 Å². The number of ether oxygens (including phenoxy) is 1. The Morgan fingerprint density at radius 2 is 1.96 bits per heavy atom. The third-order valence-electron chi connectivity index (χ3n) is 4.00. The van der Waals surface area contributed by atoms with Crippen molar-refractivity contribution in [3.05, 3.63) is 59.2 Å². The number of nitrogens with zero attached hydrogens (tertiary/aromatic N) is 2. The second kappa shape index (κ2) is 6.63. The molecule has 0 amide bonds. The zero-order valence-electron chi connectivity index (χ0n) is 13.4. The van der Waals surface area contributed by atoms with Gasteiger partial charge in [0.2, 0.25) is 0 Å². The fourth-order valence-corrected chi connectivity index (χ4v) is 4.27. The number of fused-ring (bicyclic) bond motifs is 1. The maximum absolute atomic E-state index is 13.1. The average molecular weight is 342 g/mol. The summed E-state index contributed by atoms with van der Waals surface area (Å²) in [5.41, 5.74) is 3.46. The summed E-state index contributed by atoms with van der Waals surface area (Å²) in [4.78, 5) is 0.228. The van der Waals surface area contributed by atoms with Crippen LogP contribution >= 0.6 is 0 Å². The van der Waals surface area contributed by atoms with Crippen LogP contribution in [0, 0.1) is 18.3 Å². The lowest BCUT2D eigenvalue weighted by molar-refractivity contribution is 0.134. The van der Waals surface area contributed by atoms with Gasteiger partial charge in [0.1, 0.15) is 0 Å². The third-order valence-corrected chi connectivity index (χ3v) is 5.82. The van der Waals surface area contributed by atoms with Gasteiger partial charge < -0.3 is 4.74 Å². The Kier molecular flexibility index (Phi) is 4.56.